The van der Waals surface area contributed by atoms with Crippen LogP contribution in [0.4, 0.5) is 10.5 Å². The number of benzene rings is 1. The Kier molecular flexibility index (Phi) is 5.25. The van der Waals surface area contributed by atoms with E-state index in [-0.39, 0.29) is 18.0 Å². The third kappa shape index (κ3) is 3.71. The molecule has 2 amide bonds. The van der Waals surface area contributed by atoms with Crippen LogP contribution in [0.2, 0.25) is 0 Å². The molecule has 3 aromatic rings. The number of fused-ring (bicyclic) bond motifs is 1. The van der Waals surface area contributed by atoms with Crippen molar-refractivity contribution in [3.05, 3.63) is 59.2 Å². The summed E-state index contributed by atoms with van der Waals surface area (Å²) >= 11 is 1.39. The average Bonchev–Trinajstić information content (AvgIpc) is 3.36. The monoisotopic (exact) mass is 395 g/mol. The molecule has 1 N–H and O–H groups in total. The van der Waals surface area contributed by atoms with Gasteiger partial charge in [-0.2, -0.15) is 0 Å². The minimum absolute atomic E-state index is 0.0725. The Balaban J connectivity index is 1.51. The van der Waals surface area contributed by atoms with Gasteiger partial charge in [-0.05, 0) is 67.1 Å². The Hall–Kier alpha value is -2.93. The number of pyridine rings is 1. The van der Waals surface area contributed by atoms with Crippen LogP contribution in [0.3, 0.4) is 0 Å². The second-order valence-electron chi connectivity index (χ2n) is 6.65. The fourth-order valence-corrected chi connectivity index (χ4v) is 4.50. The van der Waals surface area contributed by atoms with Crippen LogP contribution in [-0.4, -0.2) is 35.0 Å². The van der Waals surface area contributed by atoms with Crippen LogP contribution in [0.25, 0.3) is 10.1 Å². The Labute approximate surface area is 167 Å². The lowest BCUT2D eigenvalue weighted by Gasteiger charge is -2.25. The number of urea groups is 1. The normalized spacial score (nSPS) is 16.3. The first-order chi connectivity index (χ1) is 13.7. The van der Waals surface area contributed by atoms with Gasteiger partial charge in [-0.3, -0.25) is 4.98 Å². The predicted molar refractivity (Wildman–Crippen MR) is 110 cm³/mol. The summed E-state index contributed by atoms with van der Waals surface area (Å²) in [4.78, 5) is 31.3. The molecule has 144 valence electrons. The van der Waals surface area contributed by atoms with Gasteiger partial charge in [0.15, 0.2) is 0 Å². The van der Waals surface area contributed by atoms with E-state index in [2.05, 4.69) is 10.3 Å². The smallest absolute Gasteiger partial charge is 0.348 e. The molecule has 1 saturated heterocycles. The Morgan fingerprint density at radius 2 is 2.07 bits per heavy atom. The van der Waals surface area contributed by atoms with Gasteiger partial charge in [0.2, 0.25) is 0 Å². The van der Waals surface area contributed by atoms with Crippen molar-refractivity contribution in [2.45, 2.75) is 25.8 Å². The molecule has 3 heterocycles. The Morgan fingerprint density at radius 3 is 2.86 bits per heavy atom. The number of ether oxygens (including phenoxy) is 1. The largest absolute Gasteiger partial charge is 0.462 e. The highest BCUT2D eigenvalue weighted by molar-refractivity contribution is 7.20. The summed E-state index contributed by atoms with van der Waals surface area (Å²) < 4.78 is 6.05. The lowest BCUT2D eigenvalue weighted by molar-refractivity contribution is 0.0532. The van der Waals surface area contributed by atoms with Gasteiger partial charge >= 0.3 is 12.0 Å². The molecule has 0 aliphatic carbocycles. The maximum absolute atomic E-state index is 12.9. The van der Waals surface area contributed by atoms with Gasteiger partial charge in [-0.1, -0.05) is 0 Å². The molecule has 0 radical (unpaired) electrons. The highest BCUT2D eigenvalue weighted by Gasteiger charge is 2.30. The van der Waals surface area contributed by atoms with E-state index >= 15 is 0 Å². The third-order valence-corrected chi connectivity index (χ3v) is 5.94. The van der Waals surface area contributed by atoms with Crippen molar-refractivity contribution in [3.8, 4) is 0 Å². The quantitative estimate of drug-likeness (QED) is 0.642. The summed E-state index contributed by atoms with van der Waals surface area (Å²) in [7, 11) is 0. The molecule has 1 fully saturated rings. The number of rotatable bonds is 4. The number of likely N-dealkylation sites (tertiary alicyclic amines) is 1. The number of hydrogen-bond donors (Lipinski definition) is 1. The number of esters is 1. The first-order valence-corrected chi connectivity index (χ1v) is 10.2. The molecule has 0 spiro atoms. The van der Waals surface area contributed by atoms with Crippen LogP contribution in [0.15, 0.2) is 48.8 Å². The zero-order chi connectivity index (χ0) is 19.5. The number of nitrogens with one attached hydrogen (secondary N) is 1. The van der Waals surface area contributed by atoms with E-state index in [9.17, 15) is 9.59 Å². The summed E-state index contributed by atoms with van der Waals surface area (Å²) in [5, 5.41) is 3.91. The van der Waals surface area contributed by atoms with Crippen molar-refractivity contribution in [2.75, 3.05) is 18.5 Å². The number of nitrogens with zero attached hydrogens (tertiary/aromatic N) is 2. The van der Waals surface area contributed by atoms with Crippen molar-refractivity contribution < 1.29 is 14.3 Å². The topological polar surface area (TPSA) is 71.5 Å². The zero-order valence-corrected chi connectivity index (χ0v) is 16.4. The number of hydrogen-bond acceptors (Lipinski definition) is 5. The van der Waals surface area contributed by atoms with Gasteiger partial charge in [-0.25, -0.2) is 9.59 Å². The molecule has 0 bridgehead atoms. The minimum Gasteiger partial charge on any atom is -0.462 e. The maximum Gasteiger partial charge on any atom is 0.348 e. The number of thiophene rings is 1. The number of carbonyl (C=O) groups is 2. The molecule has 7 heteroatoms. The number of amides is 2. The van der Waals surface area contributed by atoms with Crippen LogP contribution in [0.5, 0.6) is 0 Å². The van der Waals surface area contributed by atoms with E-state index < -0.39 is 0 Å². The van der Waals surface area contributed by atoms with E-state index in [0.717, 1.165) is 35.0 Å². The number of anilines is 1. The average molecular weight is 395 g/mol. The van der Waals surface area contributed by atoms with Crippen molar-refractivity contribution in [1.82, 2.24) is 9.88 Å². The first kappa shape index (κ1) is 18.4. The lowest BCUT2D eigenvalue weighted by Crippen LogP contribution is -2.34. The van der Waals surface area contributed by atoms with E-state index in [1.807, 2.05) is 41.3 Å². The Morgan fingerprint density at radius 1 is 1.25 bits per heavy atom. The van der Waals surface area contributed by atoms with E-state index in [0.29, 0.717) is 17.2 Å². The fraction of sp³-hybridized carbons (Fsp3) is 0.286. The van der Waals surface area contributed by atoms with Gasteiger partial charge < -0.3 is 15.0 Å². The van der Waals surface area contributed by atoms with E-state index in [4.69, 9.17) is 4.74 Å². The number of aromatic nitrogens is 1. The van der Waals surface area contributed by atoms with Crippen molar-refractivity contribution in [2.24, 2.45) is 0 Å². The van der Waals surface area contributed by atoms with Crippen LogP contribution >= 0.6 is 11.3 Å². The molecule has 4 rings (SSSR count). The highest BCUT2D eigenvalue weighted by Crippen LogP contribution is 2.33. The first-order valence-electron chi connectivity index (χ1n) is 9.34. The molecule has 28 heavy (non-hydrogen) atoms. The molecule has 1 unspecified atom stereocenters. The van der Waals surface area contributed by atoms with Gasteiger partial charge in [-0.15, -0.1) is 11.3 Å². The van der Waals surface area contributed by atoms with Gasteiger partial charge in [0.1, 0.15) is 4.88 Å². The van der Waals surface area contributed by atoms with Gasteiger partial charge in [0.05, 0.1) is 12.6 Å². The van der Waals surface area contributed by atoms with Crippen molar-refractivity contribution >= 4 is 39.1 Å². The van der Waals surface area contributed by atoms with Crippen molar-refractivity contribution in [1.29, 1.82) is 0 Å². The third-order valence-electron chi connectivity index (χ3n) is 4.85. The SMILES string of the molecule is CCOC(=O)c1cc2cc(NC(=O)N3CCCC3c3ccncc3)ccc2s1. The second kappa shape index (κ2) is 7.98. The molecular weight excluding hydrogens is 374 g/mol. The second-order valence-corrected chi connectivity index (χ2v) is 7.73. The molecule has 1 aliphatic heterocycles. The zero-order valence-electron chi connectivity index (χ0n) is 15.6. The molecule has 1 aliphatic rings. The van der Waals surface area contributed by atoms with E-state index in [1.54, 1.807) is 19.3 Å². The van der Waals surface area contributed by atoms with Gasteiger partial charge in [0.25, 0.3) is 0 Å². The van der Waals surface area contributed by atoms with Gasteiger partial charge in [0, 0.05) is 29.3 Å². The van der Waals surface area contributed by atoms with Crippen LogP contribution < -0.4 is 5.32 Å². The predicted octanol–water partition coefficient (Wildman–Crippen LogP) is 4.84. The molecule has 6 nitrogen and oxygen atoms in total. The minimum atomic E-state index is -0.313. The maximum atomic E-state index is 12.9. The van der Waals surface area contributed by atoms with Crippen LogP contribution in [-0.2, 0) is 4.74 Å². The molecule has 1 atom stereocenters. The van der Waals surface area contributed by atoms with Crippen molar-refractivity contribution in [3.63, 3.8) is 0 Å². The fourth-order valence-electron chi connectivity index (χ4n) is 3.56. The standard InChI is InChI=1S/C21H21N3O3S/c1-2-27-20(25)19-13-15-12-16(5-6-18(15)28-19)23-21(26)24-11-3-4-17(24)14-7-9-22-10-8-14/h5-10,12-13,17H,2-4,11H2,1H3,(H,23,26). The number of carbonyl (C=O) groups excluding carboxylic acids is 2. The molecule has 1 aromatic carbocycles. The molecule has 0 saturated carbocycles. The highest BCUT2D eigenvalue weighted by atomic mass is 32.1. The Bertz CT molecular complexity index is 1000. The summed E-state index contributed by atoms with van der Waals surface area (Å²) in [6, 6.07) is 11.4. The van der Waals surface area contributed by atoms with Crippen LogP contribution in [0.1, 0.15) is 41.0 Å². The summed E-state index contributed by atoms with van der Waals surface area (Å²) in [6.45, 7) is 2.87. The molecular formula is C21H21N3O3S. The van der Waals surface area contributed by atoms with Crippen LogP contribution in [0, 0.1) is 0 Å². The summed E-state index contributed by atoms with van der Waals surface area (Å²) in [5.41, 5.74) is 1.82. The summed E-state index contributed by atoms with van der Waals surface area (Å²) in [5.74, 6) is -0.313. The lowest BCUT2D eigenvalue weighted by atomic mass is 10.1. The molecule has 2 aromatic heterocycles. The van der Waals surface area contributed by atoms with E-state index in [1.165, 1.54) is 11.3 Å². The summed E-state index contributed by atoms with van der Waals surface area (Å²) in [6.07, 6.45) is 5.45.